The van der Waals surface area contributed by atoms with Crippen LogP contribution in [0.3, 0.4) is 0 Å². The zero-order chi connectivity index (χ0) is 13.9. The fourth-order valence-corrected chi connectivity index (χ4v) is 2.90. The molecule has 3 rings (SSSR count). The van der Waals surface area contributed by atoms with Crippen molar-refractivity contribution in [2.24, 2.45) is 0 Å². The molecule has 0 saturated heterocycles. The van der Waals surface area contributed by atoms with Gasteiger partial charge in [-0.15, -0.1) is 21.5 Å². The Labute approximate surface area is 121 Å². The standard InChI is InChI=1S/C14H16N4OS/c1-17(14(19)7-6-11-4-3-9-20-11)10-13-16-15-12-5-2-8-18(12)13/h3-4,6-7,9H,2,5,8,10H2,1H3/b7-6+. The van der Waals surface area contributed by atoms with Gasteiger partial charge in [-0.1, -0.05) is 6.07 Å². The van der Waals surface area contributed by atoms with Crippen LogP contribution in [0.25, 0.3) is 6.08 Å². The molecule has 1 aliphatic rings. The van der Waals surface area contributed by atoms with Gasteiger partial charge < -0.3 is 9.47 Å². The van der Waals surface area contributed by atoms with Crippen LogP contribution in [-0.4, -0.2) is 32.6 Å². The number of rotatable bonds is 4. The Bertz CT molecular complexity index is 630. The van der Waals surface area contributed by atoms with Crippen LogP contribution in [0.1, 0.15) is 22.9 Å². The smallest absolute Gasteiger partial charge is 0.246 e. The normalized spacial score (nSPS) is 13.8. The second-order valence-electron chi connectivity index (χ2n) is 4.83. The first-order chi connectivity index (χ1) is 9.74. The second kappa shape index (κ2) is 5.58. The molecule has 6 heteroatoms. The summed E-state index contributed by atoms with van der Waals surface area (Å²) in [5.74, 6) is 1.89. The van der Waals surface area contributed by atoms with Gasteiger partial charge in [0.05, 0.1) is 6.54 Å². The maximum Gasteiger partial charge on any atom is 0.246 e. The van der Waals surface area contributed by atoms with E-state index in [9.17, 15) is 4.79 Å². The summed E-state index contributed by atoms with van der Waals surface area (Å²) in [4.78, 5) is 14.8. The summed E-state index contributed by atoms with van der Waals surface area (Å²) in [6.07, 6.45) is 5.56. The maximum absolute atomic E-state index is 12.1. The fourth-order valence-electron chi connectivity index (χ4n) is 2.28. The van der Waals surface area contributed by atoms with Gasteiger partial charge in [-0.05, 0) is 23.9 Å². The number of amides is 1. The minimum absolute atomic E-state index is 0.0197. The largest absolute Gasteiger partial charge is 0.335 e. The molecule has 0 atom stereocenters. The van der Waals surface area contributed by atoms with E-state index in [2.05, 4.69) is 14.8 Å². The average molecular weight is 288 g/mol. The highest BCUT2D eigenvalue weighted by molar-refractivity contribution is 7.10. The van der Waals surface area contributed by atoms with E-state index in [1.807, 2.05) is 23.6 Å². The molecule has 20 heavy (non-hydrogen) atoms. The summed E-state index contributed by atoms with van der Waals surface area (Å²) in [6.45, 7) is 1.46. The lowest BCUT2D eigenvalue weighted by Gasteiger charge is -2.14. The molecule has 104 valence electrons. The van der Waals surface area contributed by atoms with Gasteiger partial charge in [0.15, 0.2) is 5.82 Å². The topological polar surface area (TPSA) is 51.0 Å². The number of fused-ring (bicyclic) bond motifs is 1. The summed E-state index contributed by atoms with van der Waals surface area (Å²) >= 11 is 1.61. The number of hydrogen-bond acceptors (Lipinski definition) is 4. The molecule has 2 aromatic rings. The first-order valence-electron chi connectivity index (χ1n) is 6.61. The lowest BCUT2D eigenvalue weighted by Crippen LogP contribution is -2.25. The molecular formula is C14H16N4OS. The van der Waals surface area contributed by atoms with Crippen LogP contribution in [-0.2, 0) is 24.3 Å². The third kappa shape index (κ3) is 2.65. The van der Waals surface area contributed by atoms with E-state index in [1.54, 1.807) is 29.4 Å². The number of likely N-dealkylation sites (N-methyl/N-ethyl adjacent to an activating group) is 1. The lowest BCUT2D eigenvalue weighted by molar-refractivity contribution is -0.125. The van der Waals surface area contributed by atoms with E-state index in [0.717, 1.165) is 35.9 Å². The average Bonchev–Trinajstić information content (AvgIpc) is 3.15. The van der Waals surface area contributed by atoms with Crippen molar-refractivity contribution in [3.63, 3.8) is 0 Å². The molecule has 0 spiro atoms. The number of carbonyl (C=O) groups excluding carboxylic acids is 1. The molecule has 0 aliphatic carbocycles. The van der Waals surface area contributed by atoms with Gasteiger partial charge in [0, 0.05) is 31.0 Å². The predicted octanol–water partition coefficient (Wildman–Crippen LogP) is 1.96. The Kier molecular flexibility index (Phi) is 3.64. The summed E-state index contributed by atoms with van der Waals surface area (Å²) in [6, 6.07) is 3.96. The molecule has 3 heterocycles. The van der Waals surface area contributed by atoms with Crippen LogP contribution in [0.2, 0.25) is 0 Å². The zero-order valence-corrected chi connectivity index (χ0v) is 12.1. The van der Waals surface area contributed by atoms with Crippen molar-refractivity contribution in [3.8, 4) is 0 Å². The van der Waals surface area contributed by atoms with Gasteiger partial charge in [-0.3, -0.25) is 4.79 Å². The van der Waals surface area contributed by atoms with Crippen LogP contribution in [0.5, 0.6) is 0 Å². The van der Waals surface area contributed by atoms with E-state index >= 15 is 0 Å². The molecular weight excluding hydrogens is 272 g/mol. The molecule has 0 fully saturated rings. The van der Waals surface area contributed by atoms with E-state index < -0.39 is 0 Å². The molecule has 5 nitrogen and oxygen atoms in total. The Hall–Kier alpha value is -1.95. The zero-order valence-electron chi connectivity index (χ0n) is 11.3. The van der Waals surface area contributed by atoms with Gasteiger partial charge in [0.1, 0.15) is 5.82 Å². The monoisotopic (exact) mass is 288 g/mol. The van der Waals surface area contributed by atoms with Crippen molar-refractivity contribution in [1.82, 2.24) is 19.7 Å². The first kappa shape index (κ1) is 13.1. The van der Waals surface area contributed by atoms with Crippen molar-refractivity contribution >= 4 is 23.3 Å². The number of aromatic nitrogens is 3. The fraction of sp³-hybridized carbons (Fsp3) is 0.357. The van der Waals surface area contributed by atoms with E-state index in [4.69, 9.17) is 0 Å². The third-order valence-electron chi connectivity index (χ3n) is 3.37. The van der Waals surface area contributed by atoms with Crippen LogP contribution >= 0.6 is 11.3 Å². The number of carbonyl (C=O) groups is 1. The van der Waals surface area contributed by atoms with Crippen molar-refractivity contribution in [2.45, 2.75) is 25.9 Å². The second-order valence-corrected chi connectivity index (χ2v) is 5.81. The van der Waals surface area contributed by atoms with Gasteiger partial charge >= 0.3 is 0 Å². The van der Waals surface area contributed by atoms with Crippen LogP contribution in [0.15, 0.2) is 23.6 Å². The molecule has 0 saturated carbocycles. The molecule has 0 unspecified atom stereocenters. The highest BCUT2D eigenvalue weighted by Gasteiger charge is 2.19. The van der Waals surface area contributed by atoms with Gasteiger partial charge in [-0.2, -0.15) is 0 Å². The van der Waals surface area contributed by atoms with Crippen molar-refractivity contribution in [2.75, 3.05) is 7.05 Å². The number of nitrogens with zero attached hydrogens (tertiary/aromatic N) is 4. The summed E-state index contributed by atoms with van der Waals surface area (Å²) in [5.41, 5.74) is 0. The van der Waals surface area contributed by atoms with E-state index in [0.29, 0.717) is 6.54 Å². The van der Waals surface area contributed by atoms with Gasteiger partial charge in [0.2, 0.25) is 5.91 Å². The molecule has 1 aliphatic heterocycles. The van der Waals surface area contributed by atoms with Crippen LogP contribution < -0.4 is 0 Å². The summed E-state index contributed by atoms with van der Waals surface area (Å²) in [5, 5.41) is 10.3. The van der Waals surface area contributed by atoms with Crippen molar-refractivity contribution in [1.29, 1.82) is 0 Å². The summed E-state index contributed by atoms with van der Waals surface area (Å²) < 4.78 is 2.12. The molecule has 0 aromatic carbocycles. The number of hydrogen-bond donors (Lipinski definition) is 0. The maximum atomic E-state index is 12.1. The quantitative estimate of drug-likeness (QED) is 0.808. The summed E-state index contributed by atoms with van der Waals surface area (Å²) in [7, 11) is 1.79. The van der Waals surface area contributed by atoms with Gasteiger partial charge in [-0.25, -0.2) is 0 Å². The number of aryl methyl sites for hydroxylation is 1. The van der Waals surface area contributed by atoms with Crippen LogP contribution in [0.4, 0.5) is 0 Å². The van der Waals surface area contributed by atoms with Crippen molar-refractivity contribution in [3.05, 3.63) is 40.1 Å². The molecule has 0 radical (unpaired) electrons. The molecule has 2 aromatic heterocycles. The minimum Gasteiger partial charge on any atom is -0.335 e. The minimum atomic E-state index is -0.0197. The Balaban J connectivity index is 1.64. The third-order valence-corrected chi connectivity index (χ3v) is 4.21. The first-order valence-corrected chi connectivity index (χ1v) is 7.49. The Morgan fingerprint density at radius 1 is 1.55 bits per heavy atom. The number of thiophene rings is 1. The van der Waals surface area contributed by atoms with Gasteiger partial charge in [0.25, 0.3) is 0 Å². The molecule has 0 bridgehead atoms. The van der Waals surface area contributed by atoms with Crippen LogP contribution in [0, 0.1) is 0 Å². The SMILES string of the molecule is CN(Cc1nnc2n1CCC2)C(=O)/C=C/c1cccs1. The highest BCUT2D eigenvalue weighted by atomic mass is 32.1. The predicted molar refractivity (Wildman–Crippen MR) is 78.2 cm³/mol. The Morgan fingerprint density at radius 3 is 3.25 bits per heavy atom. The highest BCUT2D eigenvalue weighted by Crippen LogP contribution is 2.15. The van der Waals surface area contributed by atoms with E-state index in [-0.39, 0.29) is 5.91 Å². The molecule has 1 amide bonds. The van der Waals surface area contributed by atoms with E-state index in [1.165, 1.54) is 0 Å². The van der Waals surface area contributed by atoms with Crippen molar-refractivity contribution < 1.29 is 4.79 Å². The molecule has 0 N–H and O–H groups in total. The Morgan fingerprint density at radius 2 is 2.45 bits per heavy atom. The lowest BCUT2D eigenvalue weighted by atomic mass is 10.3.